The summed E-state index contributed by atoms with van der Waals surface area (Å²) in [6.45, 7) is 3.93. The highest BCUT2D eigenvalue weighted by Gasteiger charge is 2.08. The summed E-state index contributed by atoms with van der Waals surface area (Å²) in [4.78, 5) is 24.0. The lowest BCUT2D eigenvalue weighted by atomic mass is 10.2. The van der Waals surface area contributed by atoms with E-state index in [0.717, 1.165) is 22.4 Å². The normalized spacial score (nSPS) is 10.8. The van der Waals surface area contributed by atoms with Crippen LogP contribution in [-0.4, -0.2) is 31.3 Å². The monoisotopic (exact) mass is 528 g/mol. The quantitative estimate of drug-likeness (QED) is 0.110. The first-order valence-electron chi connectivity index (χ1n) is 11.2. The lowest BCUT2D eigenvalue weighted by Gasteiger charge is -2.09. The Bertz CT molecular complexity index is 1230. The first-order valence-corrected chi connectivity index (χ1v) is 12.0. The van der Waals surface area contributed by atoms with E-state index in [-0.39, 0.29) is 18.9 Å². The predicted molar refractivity (Wildman–Crippen MR) is 140 cm³/mol. The molecule has 3 aromatic rings. The number of aryl methyl sites for hydroxylation is 2. The number of amides is 1. The van der Waals surface area contributed by atoms with Crippen molar-refractivity contribution in [2.24, 2.45) is 5.10 Å². The van der Waals surface area contributed by atoms with Crippen LogP contribution in [0.3, 0.4) is 0 Å². The molecule has 0 bridgehead atoms. The number of halogens is 2. The molecule has 0 unspecified atom stereocenters. The van der Waals surface area contributed by atoms with Gasteiger partial charge in [0.1, 0.15) is 17.2 Å². The van der Waals surface area contributed by atoms with Gasteiger partial charge in [-0.15, -0.1) is 0 Å². The molecule has 0 aliphatic rings. The van der Waals surface area contributed by atoms with Crippen molar-refractivity contribution in [3.8, 4) is 17.2 Å². The molecule has 0 fully saturated rings. The molecule has 1 amide bonds. The summed E-state index contributed by atoms with van der Waals surface area (Å²) in [5.41, 5.74) is 4.98. The van der Waals surface area contributed by atoms with Crippen LogP contribution in [0.25, 0.3) is 0 Å². The minimum atomic E-state index is -0.534. The van der Waals surface area contributed by atoms with Crippen molar-refractivity contribution in [2.45, 2.75) is 26.7 Å². The molecule has 36 heavy (non-hydrogen) atoms. The molecular weight excluding hydrogens is 503 g/mol. The van der Waals surface area contributed by atoms with Crippen LogP contribution in [0, 0.1) is 13.8 Å². The van der Waals surface area contributed by atoms with E-state index < -0.39 is 5.97 Å². The summed E-state index contributed by atoms with van der Waals surface area (Å²) in [6, 6.07) is 17.2. The molecule has 0 saturated carbocycles. The molecular formula is C27H26Cl2N2O5. The highest BCUT2D eigenvalue weighted by molar-refractivity contribution is 6.31. The SMILES string of the molecule is Cc1cc(Cl)ccc1OCCCC(=O)N/N=C\c1ccc(OC(=O)COc2ccc(Cl)cc2C)cc1. The fourth-order valence-corrected chi connectivity index (χ4v) is 3.57. The smallest absolute Gasteiger partial charge is 0.349 e. The fraction of sp³-hybridized carbons (Fsp3) is 0.222. The zero-order valence-electron chi connectivity index (χ0n) is 19.9. The largest absolute Gasteiger partial charge is 0.493 e. The lowest BCUT2D eigenvalue weighted by molar-refractivity contribution is -0.136. The van der Waals surface area contributed by atoms with Crippen LogP contribution < -0.4 is 19.6 Å². The molecule has 3 rings (SSSR count). The van der Waals surface area contributed by atoms with Crippen LogP contribution in [0.5, 0.6) is 17.2 Å². The first kappa shape index (κ1) is 27.0. The minimum Gasteiger partial charge on any atom is -0.493 e. The molecule has 0 heterocycles. The van der Waals surface area contributed by atoms with Gasteiger partial charge in [0, 0.05) is 16.5 Å². The van der Waals surface area contributed by atoms with E-state index in [0.29, 0.717) is 34.6 Å². The number of nitrogens with zero attached hydrogens (tertiary/aromatic N) is 1. The van der Waals surface area contributed by atoms with Gasteiger partial charge in [0.25, 0.3) is 0 Å². The second kappa shape index (κ2) is 13.5. The summed E-state index contributed by atoms with van der Waals surface area (Å²) < 4.78 is 16.4. The molecule has 0 spiro atoms. The Morgan fingerprint density at radius 2 is 1.50 bits per heavy atom. The van der Waals surface area contributed by atoms with Crippen molar-refractivity contribution in [2.75, 3.05) is 13.2 Å². The number of carbonyl (C=O) groups excluding carboxylic acids is 2. The number of rotatable bonds is 11. The van der Waals surface area contributed by atoms with Crippen molar-refractivity contribution >= 4 is 41.3 Å². The molecule has 3 aromatic carbocycles. The number of esters is 1. The summed E-state index contributed by atoms with van der Waals surface area (Å²) in [6.07, 6.45) is 2.32. The summed E-state index contributed by atoms with van der Waals surface area (Å²) >= 11 is 11.8. The second-order valence-corrected chi connectivity index (χ2v) is 8.77. The van der Waals surface area contributed by atoms with E-state index in [1.165, 1.54) is 6.21 Å². The molecule has 0 saturated heterocycles. The van der Waals surface area contributed by atoms with Gasteiger partial charge < -0.3 is 14.2 Å². The number of benzene rings is 3. The molecule has 0 aliphatic heterocycles. The highest BCUT2D eigenvalue weighted by Crippen LogP contribution is 2.23. The average Bonchev–Trinajstić information content (AvgIpc) is 2.83. The van der Waals surface area contributed by atoms with Gasteiger partial charge >= 0.3 is 5.97 Å². The van der Waals surface area contributed by atoms with Gasteiger partial charge in [-0.3, -0.25) is 4.79 Å². The van der Waals surface area contributed by atoms with Gasteiger partial charge in [-0.05, 0) is 97.6 Å². The van der Waals surface area contributed by atoms with Crippen LogP contribution >= 0.6 is 23.2 Å². The van der Waals surface area contributed by atoms with E-state index >= 15 is 0 Å². The van der Waals surface area contributed by atoms with E-state index in [1.54, 1.807) is 48.5 Å². The lowest BCUT2D eigenvalue weighted by Crippen LogP contribution is -2.18. The standard InChI is InChI=1S/C27H26Cl2N2O5/c1-18-14-21(28)7-11-24(18)34-13-3-4-26(32)31-30-16-20-5-9-23(10-6-20)36-27(33)17-35-25-12-8-22(29)15-19(25)2/h5-12,14-16H,3-4,13,17H2,1-2H3,(H,31,32)/b30-16-. The highest BCUT2D eigenvalue weighted by atomic mass is 35.5. The summed E-state index contributed by atoms with van der Waals surface area (Å²) in [5, 5.41) is 5.21. The van der Waals surface area contributed by atoms with Crippen molar-refractivity contribution in [3.63, 3.8) is 0 Å². The molecule has 0 aromatic heterocycles. The van der Waals surface area contributed by atoms with Crippen molar-refractivity contribution < 1.29 is 23.8 Å². The molecule has 0 aliphatic carbocycles. The number of hydrogen-bond acceptors (Lipinski definition) is 6. The summed E-state index contributed by atoms with van der Waals surface area (Å²) in [5.74, 6) is 0.927. The van der Waals surface area contributed by atoms with Crippen molar-refractivity contribution in [1.29, 1.82) is 0 Å². The topological polar surface area (TPSA) is 86.2 Å². The Labute approximate surface area is 220 Å². The Morgan fingerprint density at radius 1 is 0.889 bits per heavy atom. The van der Waals surface area contributed by atoms with E-state index in [9.17, 15) is 9.59 Å². The van der Waals surface area contributed by atoms with E-state index in [1.807, 2.05) is 26.0 Å². The maximum absolute atomic E-state index is 12.1. The number of nitrogens with one attached hydrogen (secondary N) is 1. The third kappa shape index (κ3) is 8.91. The van der Waals surface area contributed by atoms with Gasteiger partial charge in [0.2, 0.25) is 5.91 Å². The van der Waals surface area contributed by atoms with Crippen LogP contribution in [-0.2, 0) is 9.59 Å². The molecule has 7 nitrogen and oxygen atoms in total. The Hall–Kier alpha value is -3.55. The number of hydrazone groups is 1. The third-order valence-corrected chi connectivity index (χ3v) is 5.41. The number of carbonyl (C=O) groups is 2. The number of hydrogen-bond donors (Lipinski definition) is 1. The van der Waals surface area contributed by atoms with Gasteiger partial charge in [0.05, 0.1) is 12.8 Å². The summed E-state index contributed by atoms with van der Waals surface area (Å²) in [7, 11) is 0. The van der Waals surface area contributed by atoms with E-state index in [4.69, 9.17) is 37.4 Å². The third-order valence-electron chi connectivity index (χ3n) is 4.94. The molecule has 188 valence electrons. The Morgan fingerprint density at radius 3 is 2.11 bits per heavy atom. The van der Waals surface area contributed by atoms with Crippen LogP contribution in [0.4, 0.5) is 0 Å². The fourth-order valence-electron chi connectivity index (χ4n) is 3.12. The van der Waals surface area contributed by atoms with Crippen LogP contribution in [0.15, 0.2) is 65.8 Å². The van der Waals surface area contributed by atoms with Crippen LogP contribution in [0.1, 0.15) is 29.5 Å². The zero-order chi connectivity index (χ0) is 25.9. The van der Waals surface area contributed by atoms with Crippen molar-refractivity contribution in [1.82, 2.24) is 5.43 Å². The minimum absolute atomic E-state index is 0.218. The van der Waals surface area contributed by atoms with E-state index in [2.05, 4.69) is 10.5 Å². The molecule has 0 atom stereocenters. The van der Waals surface area contributed by atoms with Gasteiger partial charge in [-0.25, -0.2) is 10.2 Å². The molecule has 1 N–H and O–H groups in total. The number of ether oxygens (including phenoxy) is 3. The molecule has 9 heteroatoms. The van der Waals surface area contributed by atoms with Crippen LogP contribution in [0.2, 0.25) is 10.0 Å². The van der Waals surface area contributed by atoms with Gasteiger partial charge in [-0.1, -0.05) is 23.2 Å². The Kier molecular flexibility index (Phi) is 10.2. The second-order valence-electron chi connectivity index (χ2n) is 7.90. The van der Waals surface area contributed by atoms with Gasteiger partial charge in [-0.2, -0.15) is 5.10 Å². The Balaban J connectivity index is 1.35. The maximum atomic E-state index is 12.1. The first-order chi connectivity index (χ1) is 17.3. The molecule has 0 radical (unpaired) electrons. The predicted octanol–water partition coefficient (Wildman–Crippen LogP) is 5.90. The zero-order valence-corrected chi connectivity index (χ0v) is 21.4. The average molecular weight is 529 g/mol. The van der Waals surface area contributed by atoms with Gasteiger partial charge in [0.15, 0.2) is 6.61 Å². The maximum Gasteiger partial charge on any atom is 0.349 e. The van der Waals surface area contributed by atoms with Crippen molar-refractivity contribution in [3.05, 3.63) is 87.4 Å².